The van der Waals surface area contributed by atoms with Crippen molar-refractivity contribution in [3.05, 3.63) is 46.7 Å². The van der Waals surface area contributed by atoms with Crippen LogP contribution in [0, 0.1) is 5.92 Å². The first kappa shape index (κ1) is 15.3. The number of ketones is 1. The summed E-state index contributed by atoms with van der Waals surface area (Å²) in [6.07, 6.45) is 0. The number of hydrogen-bond donors (Lipinski definition) is 2. The van der Waals surface area contributed by atoms with Crippen molar-refractivity contribution in [3.63, 3.8) is 0 Å². The van der Waals surface area contributed by atoms with E-state index in [1.165, 1.54) is 17.0 Å². The van der Waals surface area contributed by atoms with Gasteiger partial charge in [-0.3, -0.25) is 9.59 Å². The van der Waals surface area contributed by atoms with E-state index in [4.69, 9.17) is 0 Å². The quantitative estimate of drug-likeness (QED) is 0.833. The lowest BCUT2D eigenvalue weighted by atomic mass is 10.0. The maximum absolute atomic E-state index is 11.4. The van der Waals surface area contributed by atoms with Crippen LogP contribution in [-0.2, 0) is 4.79 Å². The van der Waals surface area contributed by atoms with Gasteiger partial charge in [-0.2, -0.15) is 0 Å². The molecule has 3 rings (SSSR count). The fraction of sp³-hybridized carbons (Fsp3) is 0.250. The van der Waals surface area contributed by atoms with Gasteiger partial charge in [-0.25, -0.2) is 0 Å². The topological polar surface area (TPSA) is 58.2 Å². The number of amides is 1. The lowest BCUT2D eigenvalue weighted by molar-refractivity contribution is -0.118. The molecule has 0 bridgehead atoms. The molecular formula is C16H18N2O2S. The van der Waals surface area contributed by atoms with Crippen molar-refractivity contribution >= 4 is 34.4 Å². The summed E-state index contributed by atoms with van der Waals surface area (Å²) in [5, 5.41) is 7.68. The summed E-state index contributed by atoms with van der Waals surface area (Å²) >= 11 is 1.37. The molecule has 1 aromatic heterocycles. The number of nitrogens with one attached hydrogen (secondary N) is 2. The van der Waals surface area contributed by atoms with Crippen LogP contribution in [0.4, 0.5) is 11.4 Å². The molecule has 0 radical (unpaired) electrons. The summed E-state index contributed by atoms with van der Waals surface area (Å²) in [5.41, 5.74) is 1.85. The van der Waals surface area contributed by atoms with Gasteiger partial charge in [0.15, 0.2) is 5.78 Å². The number of carbonyl (C=O) groups excluding carboxylic acids is 2. The molecule has 1 aliphatic rings. The van der Waals surface area contributed by atoms with E-state index >= 15 is 0 Å². The maximum Gasteiger partial charge on any atom is 0.235 e. The molecule has 4 nitrogen and oxygen atoms in total. The van der Waals surface area contributed by atoms with Crippen LogP contribution in [0.5, 0.6) is 0 Å². The molecule has 0 fully saturated rings. The molecule has 0 aliphatic carbocycles. The van der Waals surface area contributed by atoms with Crippen molar-refractivity contribution in [2.45, 2.75) is 13.8 Å². The molecule has 21 heavy (non-hydrogen) atoms. The van der Waals surface area contributed by atoms with Gasteiger partial charge in [-0.15, -0.1) is 11.3 Å². The number of benzene rings is 1. The number of carbonyl (C=O) groups is 2. The highest BCUT2D eigenvalue weighted by Gasteiger charge is 2.31. The molecule has 5 heteroatoms. The Bertz CT molecular complexity index is 622. The van der Waals surface area contributed by atoms with Gasteiger partial charge in [0.05, 0.1) is 16.5 Å². The lowest BCUT2D eigenvalue weighted by Crippen LogP contribution is -2.31. The normalized spacial score (nSPS) is 16.4. The Labute approximate surface area is 128 Å². The molecule has 1 amide bonds. The molecule has 0 saturated carbocycles. The zero-order chi connectivity index (χ0) is 15.2. The zero-order valence-electron chi connectivity index (χ0n) is 12.1. The van der Waals surface area contributed by atoms with Crippen molar-refractivity contribution in [3.8, 4) is 0 Å². The van der Waals surface area contributed by atoms with Crippen LogP contribution in [0.15, 0.2) is 41.8 Å². The van der Waals surface area contributed by atoms with E-state index in [1.807, 2.05) is 18.2 Å². The fourth-order valence-electron chi connectivity index (χ4n) is 1.92. The van der Waals surface area contributed by atoms with Crippen molar-refractivity contribution in [2.75, 3.05) is 17.2 Å². The highest BCUT2D eigenvalue weighted by molar-refractivity contribution is 7.13. The molecule has 1 unspecified atom stereocenters. The van der Waals surface area contributed by atoms with E-state index in [9.17, 15) is 9.59 Å². The number of Topliss-reactive ketones (excluding diaryl/α,β-unsaturated/α-hetero) is 1. The standard InChI is InChI=1S/C8H7NO2S.C8H11N/c1-4-6(10)7-5(2-3-12-7)9-8(4)11;1-2-9-8-6-4-3-5-7-8/h2-4H,1H3,(H,9,11);3-7,9H,2H2,1H3. The summed E-state index contributed by atoms with van der Waals surface area (Å²) in [7, 11) is 0. The number of para-hydroxylation sites is 1. The molecule has 1 aliphatic heterocycles. The van der Waals surface area contributed by atoms with Crippen molar-refractivity contribution in [1.29, 1.82) is 0 Å². The van der Waals surface area contributed by atoms with E-state index in [-0.39, 0.29) is 11.7 Å². The van der Waals surface area contributed by atoms with Crippen LogP contribution in [0.1, 0.15) is 23.5 Å². The third kappa shape index (κ3) is 3.70. The summed E-state index contributed by atoms with van der Waals surface area (Å²) in [5.74, 6) is -0.800. The van der Waals surface area contributed by atoms with E-state index in [2.05, 4.69) is 29.7 Å². The molecule has 0 spiro atoms. The minimum Gasteiger partial charge on any atom is -0.385 e. The van der Waals surface area contributed by atoms with Gasteiger partial charge in [0.1, 0.15) is 0 Å². The predicted molar refractivity (Wildman–Crippen MR) is 87.0 cm³/mol. The molecule has 0 saturated heterocycles. The van der Waals surface area contributed by atoms with Gasteiger partial charge in [0, 0.05) is 12.2 Å². The number of fused-ring (bicyclic) bond motifs is 1. The van der Waals surface area contributed by atoms with E-state index in [0.29, 0.717) is 10.6 Å². The zero-order valence-corrected chi connectivity index (χ0v) is 12.9. The highest BCUT2D eigenvalue weighted by atomic mass is 32.1. The Morgan fingerprint density at radius 1 is 1.19 bits per heavy atom. The first-order valence-corrected chi connectivity index (χ1v) is 7.73. The lowest BCUT2D eigenvalue weighted by Gasteiger charge is -2.16. The monoisotopic (exact) mass is 302 g/mol. The van der Waals surface area contributed by atoms with Crippen LogP contribution in [0.25, 0.3) is 0 Å². The summed E-state index contributed by atoms with van der Waals surface area (Å²) in [4.78, 5) is 23.2. The van der Waals surface area contributed by atoms with Gasteiger partial charge < -0.3 is 10.6 Å². The molecule has 110 valence electrons. The molecule has 2 aromatic rings. The Hall–Kier alpha value is -2.14. The third-order valence-electron chi connectivity index (χ3n) is 3.09. The van der Waals surface area contributed by atoms with Gasteiger partial charge >= 0.3 is 0 Å². The fourth-order valence-corrected chi connectivity index (χ4v) is 2.79. The largest absolute Gasteiger partial charge is 0.385 e. The second-order valence-electron chi connectivity index (χ2n) is 4.63. The average molecular weight is 302 g/mol. The Morgan fingerprint density at radius 2 is 1.90 bits per heavy atom. The van der Waals surface area contributed by atoms with E-state index in [0.717, 1.165) is 6.54 Å². The van der Waals surface area contributed by atoms with E-state index < -0.39 is 5.92 Å². The molecular weight excluding hydrogens is 284 g/mol. The number of thiophene rings is 1. The van der Waals surface area contributed by atoms with Crippen molar-refractivity contribution in [1.82, 2.24) is 0 Å². The number of anilines is 2. The van der Waals surface area contributed by atoms with Crippen LogP contribution >= 0.6 is 11.3 Å². The van der Waals surface area contributed by atoms with Gasteiger partial charge in [-0.05, 0) is 37.4 Å². The van der Waals surface area contributed by atoms with Crippen LogP contribution < -0.4 is 10.6 Å². The average Bonchev–Trinajstić information content (AvgIpc) is 2.95. The minimum atomic E-state index is -0.531. The summed E-state index contributed by atoms with van der Waals surface area (Å²) < 4.78 is 0. The van der Waals surface area contributed by atoms with Gasteiger partial charge in [0.2, 0.25) is 5.91 Å². The first-order valence-electron chi connectivity index (χ1n) is 6.85. The summed E-state index contributed by atoms with van der Waals surface area (Å²) in [6, 6.07) is 11.9. The second-order valence-corrected chi connectivity index (χ2v) is 5.55. The van der Waals surface area contributed by atoms with Crippen LogP contribution in [0.3, 0.4) is 0 Å². The first-order chi connectivity index (χ1) is 10.1. The predicted octanol–water partition coefficient (Wildman–Crippen LogP) is 3.64. The van der Waals surface area contributed by atoms with Crippen LogP contribution in [-0.4, -0.2) is 18.2 Å². The van der Waals surface area contributed by atoms with Crippen molar-refractivity contribution < 1.29 is 9.59 Å². The van der Waals surface area contributed by atoms with Crippen LogP contribution in [0.2, 0.25) is 0 Å². The maximum atomic E-state index is 11.4. The Balaban J connectivity index is 0.000000161. The number of hydrogen-bond acceptors (Lipinski definition) is 4. The Morgan fingerprint density at radius 3 is 2.57 bits per heavy atom. The smallest absolute Gasteiger partial charge is 0.235 e. The molecule has 1 atom stereocenters. The van der Waals surface area contributed by atoms with E-state index in [1.54, 1.807) is 18.4 Å². The minimum absolute atomic E-state index is 0.0660. The highest BCUT2D eigenvalue weighted by Crippen LogP contribution is 2.29. The molecule has 2 N–H and O–H groups in total. The van der Waals surface area contributed by atoms with Gasteiger partial charge in [-0.1, -0.05) is 18.2 Å². The molecule has 2 heterocycles. The third-order valence-corrected chi connectivity index (χ3v) is 4.02. The molecule has 1 aromatic carbocycles. The second kappa shape index (κ2) is 7.04. The SMILES string of the molecule is CC1C(=O)Nc2ccsc2C1=O.CCNc1ccccc1. The summed E-state index contributed by atoms with van der Waals surface area (Å²) in [6.45, 7) is 4.71. The number of rotatable bonds is 2. The Kier molecular flexibility index (Phi) is 5.11. The van der Waals surface area contributed by atoms with Crippen molar-refractivity contribution in [2.24, 2.45) is 5.92 Å². The van der Waals surface area contributed by atoms with Gasteiger partial charge in [0.25, 0.3) is 0 Å².